The van der Waals surface area contributed by atoms with E-state index in [2.05, 4.69) is 37.0 Å². The summed E-state index contributed by atoms with van der Waals surface area (Å²) in [5.74, 6) is -0.427. The van der Waals surface area contributed by atoms with Crippen LogP contribution in [0.5, 0.6) is 0 Å². The third-order valence-corrected chi connectivity index (χ3v) is 5.75. The number of hydrogen-bond acceptors (Lipinski definition) is 7. The summed E-state index contributed by atoms with van der Waals surface area (Å²) in [6.07, 6.45) is 6.36. The fourth-order valence-corrected chi connectivity index (χ4v) is 4.09. The Bertz CT molecular complexity index is 1620. The Morgan fingerprint density at radius 1 is 1.22 bits per heavy atom. The van der Waals surface area contributed by atoms with E-state index in [1.807, 2.05) is 13.0 Å². The fourth-order valence-electron chi connectivity index (χ4n) is 3.82. The van der Waals surface area contributed by atoms with E-state index in [4.69, 9.17) is 11.6 Å². The first kappa shape index (κ1) is 21.9. The van der Waals surface area contributed by atoms with E-state index < -0.39 is 11.8 Å². The molecule has 0 fully saturated rings. The zero-order valence-electron chi connectivity index (χ0n) is 20.1. The molecule has 0 aliphatic heterocycles. The first-order valence-electron chi connectivity index (χ1n) is 11.6. The van der Waals surface area contributed by atoms with E-state index in [0.29, 0.717) is 50.7 Å². The summed E-state index contributed by atoms with van der Waals surface area (Å²) in [6, 6.07) is 13.1. The first-order valence-corrected chi connectivity index (χ1v) is 11.4. The van der Waals surface area contributed by atoms with Gasteiger partial charge in [-0.25, -0.2) is 9.07 Å². The van der Waals surface area contributed by atoms with Gasteiger partial charge in [0.05, 0.1) is 47.3 Å². The van der Waals surface area contributed by atoms with Gasteiger partial charge in [-0.3, -0.25) is 9.97 Å². The topological polar surface area (TPSA) is 104 Å². The van der Waals surface area contributed by atoms with E-state index in [0.717, 1.165) is 0 Å². The number of pyridine rings is 2. The largest absolute Gasteiger partial charge is 0.384 e. The van der Waals surface area contributed by atoms with Gasteiger partial charge in [0.1, 0.15) is 17.6 Å². The van der Waals surface area contributed by atoms with Crippen molar-refractivity contribution >= 4 is 33.9 Å². The summed E-state index contributed by atoms with van der Waals surface area (Å²) in [6.45, 7) is 2.50. The van der Waals surface area contributed by atoms with Gasteiger partial charge >= 0.3 is 0 Å². The van der Waals surface area contributed by atoms with Crippen molar-refractivity contribution in [1.29, 1.82) is 5.26 Å². The van der Waals surface area contributed by atoms with Crippen molar-refractivity contribution in [1.82, 2.24) is 25.0 Å². The van der Waals surface area contributed by atoms with Gasteiger partial charge in [-0.2, -0.15) is 5.26 Å². The third kappa shape index (κ3) is 4.54. The minimum absolute atomic E-state index is 0.259. The molecule has 2 aromatic carbocycles. The molecule has 0 radical (unpaired) electrons. The number of nitrogens with zero attached hydrogens (tertiary/aromatic N) is 6. The molecular weight excluding hydrogens is 479 g/mol. The second-order valence-corrected chi connectivity index (χ2v) is 8.22. The molecule has 1 unspecified atom stereocenters. The van der Waals surface area contributed by atoms with Crippen LogP contribution in [0.3, 0.4) is 0 Å². The molecule has 0 bridgehead atoms. The van der Waals surface area contributed by atoms with Crippen LogP contribution in [0.4, 0.5) is 15.8 Å². The molecule has 3 heterocycles. The normalized spacial score (nSPS) is 13.0. The van der Waals surface area contributed by atoms with Crippen molar-refractivity contribution < 1.29 is 5.76 Å². The van der Waals surface area contributed by atoms with E-state index >= 15 is 0 Å². The van der Waals surface area contributed by atoms with Crippen LogP contribution in [-0.4, -0.2) is 31.5 Å². The number of fused-ring (bicyclic) bond motifs is 1. The average molecular weight is 500 g/mol. The van der Waals surface area contributed by atoms with E-state index in [9.17, 15) is 11.0 Å². The molecule has 0 spiro atoms. The van der Waals surface area contributed by atoms with Crippen molar-refractivity contribution in [2.24, 2.45) is 0 Å². The molecule has 0 aliphatic carbocycles. The molecule has 5 rings (SSSR count). The highest BCUT2D eigenvalue weighted by Crippen LogP contribution is 2.35. The molecule has 0 amide bonds. The SMILES string of the molecule is [2H]C(Nc1cc(Cl)c2ncc(C#N)c(NCC)c2c1)(c1ccc(F)cc1)c1cn(-c2cccnc2)nn1. The van der Waals surface area contributed by atoms with Gasteiger partial charge in [-0.15, -0.1) is 5.10 Å². The Morgan fingerprint density at radius 3 is 2.78 bits per heavy atom. The smallest absolute Gasteiger partial charge is 0.123 e. The Morgan fingerprint density at radius 2 is 2.06 bits per heavy atom. The van der Waals surface area contributed by atoms with E-state index in [1.165, 1.54) is 35.1 Å². The Balaban J connectivity index is 1.65. The maximum Gasteiger partial charge on any atom is 0.123 e. The standard InChI is InChI=1S/C26H20ClFN8/c1-2-31-24-17(12-29)13-32-26-21(24)10-19(11-22(26)27)33-25(16-5-7-18(28)8-6-16)23-15-36(35-34-23)20-4-3-9-30-14-20/h3-11,13-15,25,33H,2H2,1H3,(H,31,32)/i25D. The minimum Gasteiger partial charge on any atom is -0.384 e. The summed E-state index contributed by atoms with van der Waals surface area (Å²) in [7, 11) is 0. The van der Waals surface area contributed by atoms with Gasteiger partial charge in [-0.05, 0) is 48.9 Å². The quantitative estimate of drug-likeness (QED) is 0.304. The average Bonchev–Trinajstić information content (AvgIpc) is 3.41. The monoisotopic (exact) mass is 499 g/mol. The Hall–Kier alpha value is -4.55. The summed E-state index contributed by atoms with van der Waals surface area (Å²) < 4.78 is 24.8. The van der Waals surface area contributed by atoms with Crippen LogP contribution in [0.2, 0.25) is 5.02 Å². The lowest BCUT2D eigenvalue weighted by Gasteiger charge is -2.20. The maximum absolute atomic E-state index is 13.8. The Labute approximate surface area is 212 Å². The van der Waals surface area contributed by atoms with Crippen LogP contribution in [0.25, 0.3) is 16.6 Å². The summed E-state index contributed by atoms with van der Waals surface area (Å²) in [4.78, 5) is 8.45. The van der Waals surface area contributed by atoms with E-state index in [-0.39, 0.29) is 5.69 Å². The molecule has 0 saturated heterocycles. The number of hydrogen-bond donors (Lipinski definition) is 2. The highest BCUT2D eigenvalue weighted by Gasteiger charge is 2.20. The van der Waals surface area contributed by atoms with Gasteiger partial charge in [0, 0.05) is 30.0 Å². The number of aromatic nitrogens is 5. The molecule has 36 heavy (non-hydrogen) atoms. The molecule has 10 heteroatoms. The number of anilines is 2. The predicted molar refractivity (Wildman–Crippen MR) is 137 cm³/mol. The minimum atomic E-state index is -1.68. The van der Waals surface area contributed by atoms with Crippen molar-refractivity contribution in [3.63, 3.8) is 0 Å². The van der Waals surface area contributed by atoms with Crippen molar-refractivity contribution in [2.45, 2.75) is 12.9 Å². The fraction of sp³-hybridized carbons (Fsp3) is 0.115. The molecule has 0 saturated carbocycles. The van der Waals surface area contributed by atoms with Crippen LogP contribution in [-0.2, 0) is 0 Å². The number of benzene rings is 2. The number of nitrogens with one attached hydrogen (secondary N) is 2. The highest BCUT2D eigenvalue weighted by atomic mass is 35.5. The molecule has 8 nitrogen and oxygen atoms in total. The summed E-state index contributed by atoms with van der Waals surface area (Å²) in [5, 5.41) is 25.4. The number of nitriles is 1. The van der Waals surface area contributed by atoms with Crippen LogP contribution < -0.4 is 10.6 Å². The van der Waals surface area contributed by atoms with Gasteiger partial charge in [0.2, 0.25) is 0 Å². The number of halogens is 2. The molecule has 178 valence electrons. The van der Waals surface area contributed by atoms with Crippen molar-refractivity contribution in [3.8, 4) is 11.8 Å². The highest BCUT2D eigenvalue weighted by molar-refractivity contribution is 6.35. The first-order chi connectivity index (χ1) is 17.9. The van der Waals surface area contributed by atoms with Gasteiger partial charge in [-0.1, -0.05) is 28.9 Å². The van der Waals surface area contributed by atoms with E-state index in [1.54, 1.807) is 36.8 Å². The van der Waals surface area contributed by atoms with Crippen LogP contribution in [0.15, 0.2) is 73.3 Å². The lowest BCUT2D eigenvalue weighted by atomic mass is 10.0. The van der Waals surface area contributed by atoms with Gasteiger partial charge in [0.25, 0.3) is 0 Å². The summed E-state index contributed by atoms with van der Waals surface area (Å²) in [5.41, 5.74) is 3.32. The molecular formula is C26H20ClFN8. The second-order valence-electron chi connectivity index (χ2n) is 7.81. The molecule has 3 aromatic heterocycles. The van der Waals surface area contributed by atoms with Crippen LogP contribution in [0, 0.1) is 17.1 Å². The Kier molecular flexibility index (Phi) is 6.08. The maximum atomic E-state index is 13.8. The lowest BCUT2D eigenvalue weighted by Crippen LogP contribution is -2.13. The molecule has 2 N–H and O–H groups in total. The lowest BCUT2D eigenvalue weighted by molar-refractivity contribution is 0.626. The zero-order chi connectivity index (χ0) is 26.0. The number of rotatable bonds is 7. The zero-order valence-corrected chi connectivity index (χ0v) is 19.8. The third-order valence-electron chi connectivity index (χ3n) is 5.46. The molecule has 5 aromatic rings. The molecule has 0 aliphatic rings. The van der Waals surface area contributed by atoms with Gasteiger partial charge < -0.3 is 10.6 Å². The second kappa shape index (κ2) is 9.98. The van der Waals surface area contributed by atoms with Gasteiger partial charge in [0.15, 0.2) is 0 Å². The predicted octanol–water partition coefficient (Wildman–Crippen LogP) is 5.51. The van der Waals surface area contributed by atoms with Crippen molar-refractivity contribution in [2.75, 3.05) is 17.2 Å². The molecule has 1 atom stereocenters. The van der Waals surface area contributed by atoms with Crippen LogP contribution in [0.1, 0.15) is 31.1 Å². The van der Waals surface area contributed by atoms with Crippen molar-refractivity contribution in [3.05, 3.63) is 101 Å². The van der Waals surface area contributed by atoms with Crippen LogP contribution >= 0.6 is 11.6 Å². The summed E-state index contributed by atoms with van der Waals surface area (Å²) >= 11 is 6.59.